The zero-order valence-corrected chi connectivity index (χ0v) is 21.3. The van der Waals surface area contributed by atoms with Crippen molar-refractivity contribution in [1.82, 2.24) is 19.3 Å². The van der Waals surface area contributed by atoms with Crippen molar-refractivity contribution in [2.75, 3.05) is 26.3 Å². The smallest absolute Gasteiger partial charge is 0.345 e. The summed E-state index contributed by atoms with van der Waals surface area (Å²) in [5.41, 5.74) is 2.54. The van der Waals surface area contributed by atoms with Crippen molar-refractivity contribution in [3.05, 3.63) is 75.8 Å². The quantitative estimate of drug-likeness (QED) is 0.272. The fourth-order valence-corrected chi connectivity index (χ4v) is 6.03. The van der Waals surface area contributed by atoms with Crippen LogP contribution in [0.4, 0.5) is 0 Å². The molecule has 1 fully saturated rings. The second-order valence-corrected chi connectivity index (χ2v) is 10.8. The molecule has 1 saturated heterocycles. The van der Waals surface area contributed by atoms with Gasteiger partial charge in [-0.3, -0.25) is 0 Å². The average Bonchev–Trinajstić information content (AvgIpc) is 3.29. The van der Waals surface area contributed by atoms with E-state index >= 15 is 0 Å². The highest BCUT2D eigenvalue weighted by Crippen LogP contribution is 2.33. The number of aryl methyl sites for hydroxylation is 1. The first kappa shape index (κ1) is 24.7. The summed E-state index contributed by atoms with van der Waals surface area (Å²) in [6, 6.07) is 14.9. The number of halogens is 2. The van der Waals surface area contributed by atoms with Crippen LogP contribution >= 0.6 is 23.2 Å². The lowest BCUT2D eigenvalue weighted by Crippen LogP contribution is -2.40. The third-order valence-corrected chi connectivity index (χ3v) is 8.32. The van der Waals surface area contributed by atoms with Crippen molar-refractivity contribution in [1.29, 1.82) is 0 Å². The molecule has 12 heteroatoms. The fourth-order valence-electron chi connectivity index (χ4n) is 3.80. The van der Waals surface area contributed by atoms with Crippen LogP contribution in [-0.4, -0.2) is 60.0 Å². The molecule has 0 spiro atoms. The molecule has 186 valence electrons. The van der Waals surface area contributed by atoms with Gasteiger partial charge in [0.1, 0.15) is 21.6 Å². The van der Waals surface area contributed by atoms with Crippen molar-refractivity contribution in [2.24, 2.45) is 0 Å². The van der Waals surface area contributed by atoms with Crippen LogP contribution in [0, 0.1) is 6.92 Å². The lowest BCUT2D eigenvalue weighted by Gasteiger charge is -2.26. The van der Waals surface area contributed by atoms with Crippen molar-refractivity contribution in [3.8, 4) is 11.4 Å². The molecule has 5 rings (SSSR count). The zero-order chi connectivity index (χ0) is 25.4. The topological polar surface area (TPSA) is 104 Å². The van der Waals surface area contributed by atoms with Gasteiger partial charge in [0.25, 0.3) is 0 Å². The van der Waals surface area contributed by atoms with Gasteiger partial charge < -0.3 is 9.47 Å². The number of morpholine rings is 1. The summed E-state index contributed by atoms with van der Waals surface area (Å²) in [6.45, 7) is 2.78. The van der Waals surface area contributed by atoms with Gasteiger partial charge in [-0.15, -0.1) is 15.0 Å². The van der Waals surface area contributed by atoms with Crippen LogP contribution in [0.2, 0.25) is 10.0 Å². The Hall–Kier alpha value is -3.02. The van der Waals surface area contributed by atoms with Crippen LogP contribution in [0.5, 0.6) is 5.75 Å². The molecule has 0 atom stereocenters. The second-order valence-electron chi connectivity index (χ2n) is 8.12. The maximum atomic E-state index is 13.2. The Balaban J connectivity index is 1.51. The number of benzene rings is 3. The first-order chi connectivity index (χ1) is 17.2. The Labute approximate surface area is 217 Å². The number of rotatable bonds is 5. The number of esters is 1. The van der Waals surface area contributed by atoms with Gasteiger partial charge in [0.05, 0.1) is 28.8 Å². The largest absolute Gasteiger partial charge is 0.421 e. The van der Waals surface area contributed by atoms with Gasteiger partial charge in [-0.25, -0.2) is 13.2 Å². The van der Waals surface area contributed by atoms with Crippen LogP contribution in [0.1, 0.15) is 15.9 Å². The third kappa shape index (κ3) is 4.70. The van der Waals surface area contributed by atoms with Gasteiger partial charge in [-0.05, 0) is 48.9 Å². The number of ether oxygens (including phenoxy) is 2. The van der Waals surface area contributed by atoms with Crippen molar-refractivity contribution < 1.29 is 22.7 Å². The Morgan fingerprint density at radius 2 is 1.64 bits per heavy atom. The molecular formula is C24H20Cl2N4O5S. The molecular weight excluding hydrogens is 527 g/mol. The minimum absolute atomic E-state index is 0.0393. The molecule has 0 unspecified atom stereocenters. The van der Waals surface area contributed by atoms with E-state index in [1.54, 1.807) is 18.2 Å². The number of aromatic nitrogens is 3. The first-order valence-electron chi connectivity index (χ1n) is 11.0. The molecule has 4 aromatic rings. The summed E-state index contributed by atoms with van der Waals surface area (Å²) in [5, 5.41) is 8.81. The molecule has 36 heavy (non-hydrogen) atoms. The van der Waals surface area contributed by atoms with Crippen LogP contribution in [-0.2, 0) is 14.8 Å². The third-order valence-electron chi connectivity index (χ3n) is 5.65. The van der Waals surface area contributed by atoms with Gasteiger partial charge in [-0.1, -0.05) is 41.4 Å². The Morgan fingerprint density at radius 3 is 2.31 bits per heavy atom. The molecule has 0 radical (unpaired) electrons. The van der Waals surface area contributed by atoms with E-state index in [1.165, 1.54) is 15.2 Å². The number of nitrogens with zero attached hydrogens (tertiary/aromatic N) is 4. The van der Waals surface area contributed by atoms with Crippen LogP contribution in [0.15, 0.2) is 59.5 Å². The van der Waals surface area contributed by atoms with E-state index in [2.05, 4.69) is 10.2 Å². The summed E-state index contributed by atoms with van der Waals surface area (Å²) in [4.78, 5) is 14.4. The number of carbonyl (C=O) groups excluding carboxylic acids is 1. The van der Waals surface area contributed by atoms with Crippen molar-refractivity contribution in [2.45, 2.75) is 11.8 Å². The molecule has 0 aliphatic carbocycles. The number of hydrogen-bond donors (Lipinski definition) is 0. The van der Waals surface area contributed by atoms with Gasteiger partial charge >= 0.3 is 5.97 Å². The van der Waals surface area contributed by atoms with E-state index in [0.717, 1.165) is 11.6 Å². The number of sulfonamides is 1. The standard InChI is InChI=1S/C24H20Cl2N4O5S/c1-15-6-7-22(21(12-15)30-27-19-4-2-3-5-20(19)28-30)35-24(31)16-13-23(18(26)14-17(16)25)36(32,33)29-8-10-34-11-9-29/h2-7,12-14H,8-11H2,1H3. The maximum Gasteiger partial charge on any atom is 0.345 e. The molecule has 2 heterocycles. The van der Waals surface area contributed by atoms with Gasteiger partial charge in [0.2, 0.25) is 10.0 Å². The van der Waals surface area contributed by atoms with Gasteiger partial charge in [-0.2, -0.15) is 4.31 Å². The normalized spacial score (nSPS) is 14.8. The number of carbonyl (C=O) groups is 1. The SMILES string of the molecule is Cc1ccc(OC(=O)c2cc(S(=O)(=O)N3CCOCC3)c(Cl)cc2Cl)c(-n2nc3ccccc3n2)c1. The Kier molecular flexibility index (Phi) is 6.71. The van der Waals surface area contributed by atoms with Crippen LogP contribution in [0.25, 0.3) is 16.7 Å². The fraction of sp³-hybridized carbons (Fsp3) is 0.208. The Morgan fingerprint density at radius 1 is 0.972 bits per heavy atom. The molecule has 0 N–H and O–H groups in total. The van der Waals surface area contributed by atoms with Crippen molar-refractivity contribution in [3.63, 3.8) is 0 Å². The molecule has 0 bridgehead atoms. The second kappa shape index (κ2) is 9.79. The minimum atomic E-state index is -3.98. The molecule has 3 aromatic carbocycles. The number of hydrogen-bond acceptors (Lipinski definition) is 7. The molecule has 0 amide bonds. The molecule has 9 nitrogen and oxygen atoms in total. The summed E-state index contributed by atoms with van der Waals surface area (Å²) in [7, 11) is -3.98. The van der Waals surface area contributed by atoms with E-state index in [9.17, 15) is 13.2 Å². The summed E-state index contributed by atoms with van der Waals surface area (Å²) < 4.78 is 38.5. The first-order valence-corrected chi connectivity index (χ1v) is 13.2. The van der Waals surface area contributed by atoms with E-state index < -0.39 is 16.0 Å². The summed E-state index contributed by atoms with van der Waals surface area (Å²) in [6.07, 6.45) is 0. The maximum absolute atomic E-state index is 13.2. The van der Waals surface area contributed by atoms with Gasteiger partial charge in [0, 0.05) is 13.1 Å². The average molecular weight is 547 g/mol. The molecule has 1 aliphatic heterocycles. The molecule has 1 aromatic heterocycles. The van der Waals surface area contributed by atoms with E-state index in [0.29, 0.717) is 16.7 Å². The predicted octanol–water partition coefficient (Wildman–Crippen LogP) is 4.28. The zero-order valence-electron chi connectivity index (χ0n) is 19.0. The predicted molar refractivity (Wildman–Crippen MR) is 135 cm³/mol. The highest BCUT2D eigenvalue weighted by molar-refractivity contribution is 7.89. The monoisotopic (exact) mass is 546 g/mol. The lowest BCUT2D eigenvalue weighted by molar-refractivity contribution is 0.0727. The van der Waals surface area contributed by atoms with Crippen LogP contribution in [0.3, 0.4) is 0 Å². The highest BCUT2D eigenvalue weighted by Gasteiger charge is 2.30. The van der Waals surface area contributed by atoms with E-state index in [1.807, 2.05) is 31.2 Å². The van der Waals surface area contributed by atoms with Crippen molar-refractivity contribution >= 4 is 50.2 Å². The van der Waals surface area contributed by atoms with E-state index in [4.69, 9.17) is 32.7 Å². The molecule has 1 aliphatic rings. The van der Waals surface area contributed by atoms with Gasteiger partial charge in [0.15, 0.2) is 5.75 Å². The summed E-state index contributed by atoms with van der Waals surface area (Å²) in [5.74, 6) is -0.675. The number of fused-ring (bicyclic) bond motifs is 1. The highest BCUT2D eigenvalue weighted by atomic mass is 35.5. The van der Waals surface area contributed by atoms with Crippen LogP contribution < -0.4 is 4.74 Å². The minimum Gasteiger partial charge on any atom is -0.421 e. The molecule has 0 saturated carbocycles. The summed E-state index contributed by atoms with van der Waals surface area (Å²) >= 11 is 12.5. The Bertz CT molecular complexity index is 1550. The lowest BCUT2D eigenvalue weighted by atomic mass is 10.2. The van der Waals surface area contributed by atoms with E-state index in [-0.39, 0.29) is 52.6 Å².